The number of carbonyl (C=O) groups is 1. The van der Waals surface area contributed by atoms with Crippen LogP contribution in [0.1, 0.15) is 11.5 Å². The van der Waals surface area contributed by atoms with E-state index >= 15 is 0 Å². The lowest BCUT2D eigenvalue weighted by Gasteiger charge is -2.17. The van der Waals surface area contributed by atoms with E-state index in [4.69, 9.17) is 16.3 Å². The van der Waals surface area contributed by atoms with Gasteiger partial charge in [-0.1, -0.05) is 23.7 Å². The van der Waals surface area contributed by atoms with Gasteiger partial charge < -0.3 is 10.1 Å². The molecule has 1 aromatic heterocycles. The van der Waals surface area contributed by atoms with Gasteiger partial charge in [0.05, 0.1) is 24.9 Å². The highest BCUT2D eigenvalue weighted by Gasteiger charge is 2.22. The predicted molar refractivity (Wildman–Crippen MR) is 84.1 cm³/mol. The number of benzene rings is 1. The van der Waals surface area contributed by atoms with Crippen molar-refractivity contribution < 1.29 is 13.9 Å². The van der Waals surface area contributed by atoms with Crippen molar-refractivity contribution in [1.82, 2.24) is 9.78 Å². The number of aromatic nitrogens is 2. The van der Waals surface area contributed by atoms with Crippen LogP contribution in [-0.2, 0) is 16.6 Å². The number of rotatable bonds is 5. The quantitative estimate of drug-likeness (QED) is 0.843. The molecule has 0 saturated carbocycles. The Labute approximate surface area is 136 Å². The zero-order valence-electron chi connectivity index (χ0n) is 12.5. The number of anilines is 1. The predicted octanol–water partition coefficient (Wildman–Crippen LogP) is 1.94. The van der Waals surface area contributed by atoms with Crippen LogP contribution < -0.4 is 10.9 Å². The van der Waals surface area contributed by atoms with E-state index in [-0.39, 0.29) is 11.6 Å². The number of ether oxygens (including phenoxy) is 1. The molecule has 0 aliphatic carbocycles. The summed E-state index contributed by atoms with van der Waals surface area (Å²) in [6, 6.07) is 5.53. The van der Waals surface area contributed by atoms with Crippen molar-refractivity contribution in [3.63, 3.8) is 0 Å². The molecule has 1 unspecified atom stereocenters. The van der Waals surface area contributed by atoms with E-state index in [1.807, 2.05) is 0 Å². The number of aryl methyl sites for hydroxylation is 1. The Balaban J connectivity index is 2.23. The number of hydrogen-bond donors (Lipinski definition) is 1. The van der Waals surface area contributed by atoms with E-state index in [9.17, 15) is 14.0 Å². The van der Waals surface area contributed by atoms with E-state index in [0.717, 1.165) is 4.68 Å². The van der Waals surface area contributed by atoms with Crippen LogP contribution in [0.25, 0.3) is 0 Å². The second-order valence-electron chi connectivity index (χ2n) is 4.81. The smallest absolute Gasteiger partial charge is 0.314 e. The van der Waals surface area contributed by atoms with Gasteiger partial charge in [-0.05, 0) is 17.7 Å². The molecule has 1 heterocycles. The summed E-state index contributed by atoms with van der Waals surface area (Å²) in [5.41, 5.74) is 0.442. The Morgan fingerprint density at radius 1 is 1.43 bits per heavy atom. The number of esters is 1. The van der Waals surface area contributed by atoms with Gasteiger partial charge in [-0.2, -0.15) is 5.10 Å². The summed E-state index contributed by atoms with van der Waals surface area (Å²) in [6.45, 7) is 0.118. The van der Waals surface area contributed by atoms with E-state index in [1.165, 1.54) is 44.6 Å². The highest BCUT2D eigenvalue weighted by atomic mass is 35.5. The standard InChI is InChI=1S/C15H15ClFN3O3/c1-20-14(21)13(16)12(8-19-20)18-7-11(15(22)23-2)9-3-5-10(17)6-4-9/h3-6,8,11,18H,7H2,1-2H3. The topological polar surface area (TPSA) is 73.2 Å². The third-order valence-electron chi connectivity index (χ3n) is 3.33. The molecule has 2 rings (SSSR count). The SMILES string of the molecule is COC(=O)C(CNc1cnn(C)c(=O)c1Cl)c1ccc(F)cc1. The molecule has 23 heavy (non-hydrogen) atoms. The van der Waals surface area contributed by atoms with E-state index in [1.54, 1.807) is 0 Å². The van der Waals surface area contributed by atoms with Gasteiger partial charge in [-0.25, -0.2) is 9.07 Å². The average Bonchev–Trinajstić information content (AvgIpc) is 2.56. The summed E-state index contributed by atoms with van der Waals surface area (Å²) in [5.74, 6) is -1.57. The minimum absolute atomic E-state index is 0.0229. The lowest BCUT2D eigenvalue weighted by atomic mass is 9.99. The third-order valence-corrected chi connectivity index (χ3v) is 3.70. The number of carbonyl (C=O) groups excluding carboxylic acids is 1. The van der Waals surface area contributed by atoms with Crippen LogP contribution in [0.3, 0.4) is 0 Å². The normalized spacial score (nSPS) is 11.8. The van der Waals surface area contributed by atoms with Gasteiger partial charge >= 0.3 is 5.97 Å². The Morgan fingerprint density at radius 3 is 2.70 bits per heavy atom. The number of nitrogens with zero attached hydrogens (tertiary/aromatic N) is 2. The van der Waals surface area contributed by atoms with Crippen molar-refractivity contribution in [3.05, 3.63) is 57.2 Å². The van der Waals surface area contributed by atoms with Crippen LogP contribution in [0, 0.1) is 5.82 Å². The summed E-state index contributed by atoms with van der Waals surface area (Å²) in [6.07, 6.45) is 1.39. The van der Waals surface area contributed by atoms with E-state index in [0.29, 0.717) is 11.3 Å². The molecule has 8 heteroatoms. The van der Waals surface area contributed by atoms with Crippen LogP contribution in [0.15, 0.2) is 35.3 Å². The molecule has 1 atom stereocenters. The van der Waals surface area contributed by atoms with Crippen LogP contribution in [0.4, 0.5) is 10.1 Å². The molecule has 1 N–H and O–H groups in total. The molecule has 0 aliphatic heterocycles. The summed E-state index contributed by atoms with van der Waals surface area (Å²) < 4.78 is 18.9. The van der Waals surface area contributed by atoms with Crippen molar-refractivity contribution in [2.75, 3.05) is 19.0 Å². The van der Waals surface area contributed by atoms with Crippen LogP contribution >= 0.6 is 11.6 Å². The van der Waals surface area contributed by atoms with Crippen molar-refractivity contribution in [3.8, 4) is 0 Å². The van der Waals surface area contributed by atoms with Crippen LogP contribution in [0.2, 0.25) is 5.02 Å². The van der Waals surface area contributed by atoms with Crippen LogP contribution in [-0.4, -0.2) is 29.4 Å². The molecule has 0 amide bonds. The second kappa shape index (κ2) is 7.23. The Kier molecular flexibility index (Phi) is 5.33. The van der Waals surface area contributed by atoms with Crippen molar-refractivity contribution >= 4 is 23.3 Å². The maximum atomic E-state index is 13.0. The second-order valence-corrected chi connectivity index (χ2v) is 5.19. The summed E-state index contributed by atoms with van der Waals surface area (Å²) in [4.78, 5) is 23.7. The molecule has 0 spiro atoms. The summed E-state index contributed by atoms with van der Waals surface area (Å²) in [5, 5.41) is 6.74. The molecule has 1 aromatic carbocycles. The Hall–Kier alpha value is -2.41. The molecule has 2 aromatic rings. The number of methoxy groups -OCH3 is 1. The zero-order valence-corrected chi connectivity index (χ0v) is 13.3. The van der Waals surface area contributed by atoms with Crippen LogP contribution in [0.5, 0.6) is 0 Å². The molecule has 122 valence electrons. The summed E-state index contributed by atoms with van der Waals surface area (Å²) >= 11 is 5.96. The number of hydrogen-bond acceptors (Lipinski definition) is 5. The molecule has 0 aliphatic rings. The molecule has 0 bridgehead atoms. The maximum Gasteiger partial charge on any atom is 0.314 e. The largest absolute Gasteiger partial charge is 0.468 e. The zero-order chi connectivity index (χ0) is 17.0. The third kappa shape index (κ3) is 3.87. The fourth-order valence-electron chi connectivity index (χ4n) is 2.02. The van der Waals surface area contributed by atoms with Gasteiger partial charge in [-0.3, -0.25) is 9.59 Å². The van der Waals surface area contributed by atoms with Crippen molar-refractivity contribution in [2.24, 2.45) is 7.05 Å². The van der Waals surface area contributed by atoms with Gasteiger partial charge in [0.1, 0.15) is 10.8 Å². The highest BCUT2D eigenvalue weighted by molar-refractivity contribution is 6.32. The maximum absolute atomic E-state index is 13.0. The van der Waals surface area contributed by atoms with Gasteiger partial charge in [0, 0.05) is 13.6 Å². The number of halogens is 2. The van der Waals surface area contributed by atoms with E-state index in [2.05, 4.69) is 10.4 Å². The molecule has 0 saturated heterocycles. The average molecular weight is 340 g/mol. The minimum Gasteiger partial charge on any atom is -0.468 e. The molecule has 0 fully saturated rings. The first kappa shape index (κ1) is 17.0. The molecular formula is C15H15ClFN3O3. The minimum atomic E-state index is -0.680. The van der Waals surface area contributed by atoms with Gasteiger partial charge in [-0.15, -0.1) is 0 Å². The first-order valence-corrected chi connectivity index (χ1v) is 7.10. The Morgan fingerprint density at radius 2 is 2.09 bits per heavy atom. The highest BCUT2D eigenvalue weighted by Crippen LogP contribution is 2.21. The van der Waals surface area contributed by atoms with Gasteiger partial charge in [0.2, 0.25) is 0 Å². The fraction of sp³-hybridized carbons (Fsp3) is 0.267. The molecule has 6 nitrogen and oxygen atoms in total. The first-order valence-electron chi connectivity index (χ1n) is 6.73. The van der Waals surface area contributed by atoms with Crippen molar-refractivity contribution in [1.29, 1.82) is 0 Å². The molecule has 0 radical (unpaired) electrons. The lowest BCUT2D eigenvalue weighted by molar-refractivity contribution is -0.142. The Bertz CT molecular complexity index is 762. The lowest BCUT2D eigenvalue weighted by Crippen LogP contribution is -2.25. The van der Waals surface area contributed by atoms with E-state index < -0.39 is 23.3 Å². The van der Waals surface area contributed by atoms with Crippen molar-refractivity contribution in [2.45, 2.75) is 5.92 Å². The van der Waals surface area contributed by atoms with Gasteiger partial charge in [0.15, 0.2) is 0 Å². The number of nitrogens with one attached hydrogen (secondary N) is 1. The molecular weight excluding hydrogens is 325 g/mol. The summed E-state index contributed by atoms with van der Waals surface area (Å²) in [7, 11) is 2.75. The first-order chi connectivity index (χ1) is 10.9. The van der Waals surface area contributed by atoms with Gasteiger partial charge in [0.25, 0.3) is 5.56 Å². The fourth-order valence-corrected chi connectivity index (χ4v) is 2.26. The monoisotopic (exact) mass is 339 g/mol.